The fourth-order valence-corrected chi connectivity index (χ4v) is 3.42. The summed E-state index contributed by atoms with van der Waals surface area (Å²) >= 11 is 0. The van der Waals surface area contributed by atoms with E-state index in [-0.39, 0.29) is 41.3 Å². The number of aliphatic hydroxyl groups excluding tert-OH is 1. The number of nitro benzene ring substituents is 1. The molecule has 0 fully saturated rings. The van der Waals surface area contributed by atoms with Gasteiger partial charge >= 0.3 is 5.97 Å². The number of nitrogens with zero attached hydrogens (tertiary/aromatic N) is 1. The smallest absolute Gasteiger partial charge is 0.331 e. The number of nitrogens with one attached hydrogen (secondary N) is 2. The third kappa shape index (κ3) is 8.13. The van der Waals surface area contributed by atoms with Gasteiger partial charge in [-0.1, -0.05) is 0 Å². The topological polar surface area (TPSA) is 208 Å². The van der Waals surface area contributed by atoms with E-state index in [0.29, 0.717) is 0 Å². The summed E-state index contributed by atoms with van der Waals surface area (Å²) in [5.74, 6) is -2.22. The summed E-state index contributed by atoms with van der Waals surface area (Å²) in [4.78, 5) is 46.9. The standard InChI is InChI=1S/C21H24N4O9S/c1-2-34-21(29)19(20(28)13-3-7-15(8-4-13)25(30)31)24-18(27)12-11-17(26)23-14-5-9-16(10-6-14)35(22,32)33/h3-10,19-20,28H,2,11-12H2,1H3,(H,23,26)(H,24,27)(H2,22,32,33)/t19-,20-/m0/s1. The van der Waals surface area contributed by atoms with E-state index in [9.17, 15) is 38.0 Å². The van der Waals surface area contributed by atoms with Gasteiger partial charge in [-0.2, -0.15) is 0 Å². The summed E-state index contributed by atoms with van der Waals surface area (Å²) in [6, 6.07) is 8.33. The number of nitro groups is 1. The van der Waals surface area contributed by atoms with Crippen LogP contribution in [0.2, 0.25) is 0 Å². The first kappa shape index (κ1) is 27.4. The molecule has 0 aliphatic carbocycles. The summed E-state index contributed by atoms with van der Waals surface area (Å²) < 4.78 is 27.4. The van der Waals surface area contributed by atoms with Crippen LogP contribution in [0.1, 0.15) is 31.4 Å². The zero-order valence-electron chi connectivity index (χ0n) is 18.5. The van der Waals surface area contributed by atoms with Gasteiger partial charge < -0.3 is 20.5 Å². The van der Waals surface area contributed by atoms with Gasteiger partial charge in [0.2, 0.25) is 21.8 Å². The number of primary sulfonamides is 1. The lowest BCUT2D eigenvalue weighted by Gasteiger charge is -2.22. The summed E-state index contributed by atoms with van der Waals surface area (Å²) in [6.45, 7) is 1.51. The number of ether oxygens (including phenoxy) is 1. The van der Waals surface area contributed by atoms with E-state index in [1.807, 2.05) is 0 Å². The van der Waals surface area contributed by atoms with Gasteiger partial charge in [-0.25, -0.2) is 18.4 Å². The number of amides is 2. The Morgan fingerprint density at radius 1 is 1.06 bits per heavy atom. The first-order chi connectivity index (χ1) is 16.4. The van der Waals surface area contributed by atoms with E-state index in [1.54, 1.807) is 0 Å². The van der Waals surface area contributed by atoms with Crippen molar-refractivity contribution in [3.8, 4) is 0 Å². The molecule has 0 aliphatic heterocycles. The second-order valence-electron chi connectivity index (χ2n) is 7.21. The molecular formula is C21H24N4O9S. The van der Waals surface area contributed by atoms with Crippen molar-refractivity contribution in [3.63, 3.8) is 0 Å². The molecule has 0 bridgehead atoms. The first-order valence-electron chi connectivity index (χ1n) is 10.2. The zero-order chi connectivity index (χ0) is 26.2. The molecule has 0 heterocycles. The van der Waals surface area contributed by atoms with E-state index < -0.39 is 44.9 Å². The van der Waals surface area contributed by atoms with Crippen LogP contribution < -0.4 is 15.8 Å². The fraction of sp³-hybridized carbons (Fsp3) is 0.286. The SMILES string of the molecule is CCOC(=O)[C@@H](NC(=O)CCC(=O)Nc1ccc(S(N)(=O)=O)cc1)[C@@H](O)c1ccc([N+](=O)[O-])cc1. The van der Waals surface area contributed by atoms with Crippen LogP contribution in [0.25, 0.3) is 0 Å². The molecule has 35 heavy (non-hydrogen) atoms. The third-order valence-electron chi connectivity index (χ3n) is 4.66. The Morgan fingerprint density at radius 3 is 2.14 bits per heavy atom. The largest absolute Gasteiger partial charge is 0.464 e. The van der Waals surface area contributed by atoms with Crippen LogP contribution in [-0.4, -0.2) is 48.9 Å². The van der Waals surface area contributed by atoms with Gasteiger partial charge in [0.1, 0.15) is 6.10 Å². The predicted molar refractivity (Wildman–Crippen MR) is 122 cm³/mol. The Labute approximate surface area is 200 Å². The Hall–Kier alpha value is -3.88. The highest BCUT2D eigenvalue weighted by Crippen LogP contribution is 2.21. The molecule has 2 atom stereocenters. The van der Waals surface area contributed by atoms with Gasteiger partial charge in [-0.05, 0) is 48.9 Å². The number of nitrogens with two attached hydrogens (primary N) is 1. The van der Waals surface area contributed by atoms with Crippen LogP contribution in [-0.2, 0) is 29.1 Å². The van der Waals surface area contributed by atoms with Gasteiger partial charge in [0.05, 0.1) is 16.4 Å². The minimum absolute atomic E-state index is 0.0230. The summed E-state index contributed by atoms with van der Waals surface area (Å²) in [5, 5.41) is 31.2. The second-order valence-corrected chi connectivity index (χ2v) is 8.77. The number of rotatable bonds is 11. The van der Waals surface area contributed by atoms with Gasteiger partial charge in [0.15, 0.2) is 6.04 Å². The first-order valence-corrected chi connectivity index (χ1v) is 11.8. The van der Waals surface area contributed by atoms with Crippen LogP contribution >= 0.6 is 0 Å². The maximum atomic E-state index is 12.4. The highest BCUT2D eigenvalue weighted by Gasteiger charge is 2.31. The van der Waals surface area contributed by atoms with Gasteiger partial charge in [-0.15, -0.1) is 0 Å². The lowest BCUT2D eigenvalue weighted by Crippen LogP contribution is -2.46. The normalized spacial score (nSPS) is 12.8. The molecule has 2 aromatic rings. The Balaban J connectivity index is 1.99. The molecule has 5 N–H and O–H groups in total. The minimum atomic E-state index is -3.88. The number of hydrogen-bond acceptors (Lipinski definition) is 9. The quantitative estimate of drug-likeness (QED) is 0.191. The van der Waals surface area contributed by atoms with Gasteiger partial charge in [-0.3, -0.25) is 19.7 Å². The molecule has 188 valence electrons. The van der Waals surface area contributed by atoms with Crippen LogP contribution in [0.3, 0.4) is 0 Å². The molecular weight excluding hydrogens is 484 g/mol. The molecule has 2 amide bonds. The Kier molecular flexibility index (Phi) is 9.39. The number of sulfonamides is 1. The Morgan fingerprint density at radius 2 is 1.63 bits per heavy atom. The molecule has 14 heteroatoms. The zero-order valence-corrected chi connectivity index (χ0v) is 19.4. The number of carbonyl (C=O) groups excluding carboxylic acids is 3. The lowest BCUT2D eigenvalue weighted by atomic mass is 10.0. The summed E-state index contributed by atoms with van der Waals surface area (Å²) in [5.41, 5.74) is 0.193. The third-order valence-corrected chi connectivity index (χ3v) is 5.59. The maximum absolute atomic E-state index is 12.4. The summed E-state index contributed by atoms with van der Waals surface area (Å²) in [6.07, 6.45) is -2.19. The minimum Gasteiger partial charge on any atom is -0.464 e. The molecule has 0 saturated carbocycles. The highest BCUT2D eigenvalue weighted by molar-refractivity contribution is 7.89. The van der Waals surface area contributed by atoms with Crippen LogP contribution in [0.4, 0.5) is 11.4 Å². The molecule has 0 unspecified atom stereocenters. The number of non-ortho nitro benzene ring substituents is 1. The molecule has 0 aliphatic rings. The van der Waals surface area contributed by atoms with Gasteiger partial charge in [0, 0.05) is 30.7 Å². The highest BCUT2D eigenvalue weighted by atomic mass is 32.2. The van der Waals surface area contributed by atoms with Crippen molar-refractivity contribution in [1.29, 1.82) is 0 Å². The van der Waals surface area contributed by atoms with Crippen molar-refractivity contribution in [2.45, 2.75) is 36.8 Å². The molecule has 0 spiro atoms. The number of anilines is 1. The van der Waals surface area contributed by atoms with Crippen LogP contribution in [0.5, 0.6) is 0 Å². The number of carbonyl (C=O) groups is 3. The van der Waals surface area contributed by atoms with Crippen molar-refractivity contribution in [2.24, 2.45) is 5.14 Å². The van der Waals surface area contributed by atoms with E-state index >= 15 is 0 Å². The van der Waals surface area contributed by atoms with Crippen LogP contribution in [0.15, 0.2) is 53.4 Å². The van der Waals surface area contributed by atoms with E-state index in [0.717, 1.165) is 12.1 Å². The van der Waals surface area contributed by atoms with Crippen molar-refractivity contribution < 1.29 is 37.6 Å². The lowest BCUT2D eigenvalue weighted by molar-refractivity contribution is -0.384. The van der Waals surface area contributed by atoms with Crippen molar-refractivity contribution >= 4 is 39.2 Å². The molecule has 0 aromatic heterocycles. The van der Waals surface area contributed by atoms with Crippen molar-refractivity contribution in [2.75, 3.05) is 11.9 Å². The molecule has 2 rings (SSSR count). The second kappa shape index (κ2) is 12.0. The van der Waals surface area contributed by atoms with Crippen molar-refractivity contribution in [3.05, 3.63) is 64.2 Å². The maximum Gasteiger partial charge on any atom is 0.331 e. The van der Waals surface area contributed by atoms with E-state index in [1.165, 1.54) is 43.3 Å². The molecule has 13 nitrogen and oxygen atoms in total. The number of hydrogen-bond donors (Lipinski definition) is 4. The van der Waals surface area contributed by atoms with Gasteiger partial charge in [0.25, 0.3) is 5.69 Å². The number of aliphatic hydroxyl groups is 1. The molecule has 0 saturated heterocycles. The fourth-order valence-electron chi connectivity index (χ4n) is 2.91. The molecule has 0 radical (unpaired) electrons. The van der Waals surface area contributed by atoms with E-state index in [2.05, 4.69) is 10.6 Å². The Bertz CT molecular complexity index is 1180. The summed E-state index contributed by atoms with van der Waals surface area (Å²) in [7, 11) is -3.88. The van der Waals surface area contributed by atoms with E-state index in [4.69, 9.17) is 9.88 Å². The van der Waals surface area contributed by atoms with Crippen molar-refractivity contribution in [1.82, 2.24) is 5.32 Å². The molecule has 2 aromatic carbocycles. The average Bonchev–Trinajstić information content (AvgIpc) is 2.80. The van der Waals surface area contributed by atoms with Crippen LogP contribution in [0, 0.1) is 10.1 Å². The monoisotopic (exact) mass is 508 g/mol. The number of esters is 1. The predicted octanol–water partition coefficient (Wildman–Crippen LogP) is 0.742. The average molecular weight is 509 g/mol. The number of benzene rings is 2.